The maximum atomic E-state index is 14.1. The number of hydrogen-bond donors (Lipinski definition) is 1. The Kier molecular flexibility index (Phi) is 8.72. The van der Waals surface area contributed by atoms with Gasteiger partial charge in [0.25, 0.3) is 0 Å². The van der Waals surface area contributed by atoms with Crippen LogP contribution in [0.4, 0.5) is 4.39 Å². The summed E-state index contributed by atoms with van der Waals surface area (Å²) in [6.07, 6.45) is -1.05. The lowest BCUT2D eigenvalue weighted by molar-refractivity contribution is -0.182. The molecule has 1 aromatic carbocycles. The summed E-state index contributed by atoms with van der Waals surface area (Å²) in [7, 11) is 0. The molecule has 2 atom stereocenters. The molecule has 0 saturated heterocycles. The lowest BCUT2D eigenvalue weighted by atomic mass is 9.79. The highest BCUT2D eigenvalue weighted by Crippen LogP contribution is 2.30. The Morgan fingerprint density at radius 2 is 1.57 bits per heavy atom. The molecule has 0 aliphatic rings. The molecule has 0 aliphatic heterocycles. The van der Waals surface area contributed by atoms with Gasteiger partial charge in [0.15, 0.2) is 17.3 Å². The van der Waals surface area contributed by atoms with Crippen molar-refractivity contribution in [2.75, 3.05) is 19.8 Å². The van der Waals surface area contributed by atoms with E-state index in [2.05, 4.69) is 0 Å². The second kappa shape index (κ2) is 10.5. The van der Waals surface area contributed by atoms with Gasteiger partial charge < -0.3 is 19.3 Å². The van der Waals surface area contributed by atoms with E-state index >= 15 is 0 Å². The van der Waals surface area contributed by atoms with Crippen molar-refractivity contribution in [2.45, 2.75) is 32.8 Å². The number of carbonyl (C=O) groups is 4. The minimum Gasteiger partial charge on any atom is -0.466 e. The van der Waals surface area contributed by atoms with Gasteiger partial charge in [-0.2, -0.15) is 0 Å². The van der Waals surface area contributed by atoms with Crippen LogP contribution in [-0.4, -0.2) is 54.2 Å². The molecule has 0 aliphatic carbocycles. The Hall–Kier alpha value is -2.81. The fraction of sp³-hybridized carbons (Fsp3) is 0.474. The van der Waals surface area contributed by atoms with E-state index in [4.69, 9.17) is 14.2 Å². The number of rotatable bonds is 10. The summed E-state index contributed by atoms with van der Waals surface area (Å²) >= 11 is 0. The maximum absolute atomic E-state index is 14.1. The highest BCUT2D eigenvalue weighted by atomic mass is 19.1. The van der Waals surface area contributed by atoms with E-state index in [1.165, 1.54) is 32.9 Å². The van der Waals surface area contributed by atoms with E-state index < -0.39 is 53.0 Å². The van der Waals surface area contributed by atoms with E-state index in [1.54, 1.807) is 0 Å². The van der Waals surface area contributed by atoms with Crippen molar-refractivity contribution in [2.24, 2.45) is 5.92 Å². The van der Waals surface area contributed by atoms with Gasteiger partial charge in [-0.3, -0.25) is 14.4 Å². The molecule has 0 amide bonds. The number of halogens is 1. The Morgan fingerprint density at radius 1 is 1.00 bits per heavy atom. The molecular formula is C19H23FO8. The SMILES string of the molecule is CCOC(=O)CC(O)(C(=O)OCC)C(C(=O)OCC)C(=O)c1ccccc1F. The summed E-state index contributed by atoms with van der Waals surface area (Å²) in [5, 5.41) is 11.0. The van der Waals surface area contributed by atoms with Crippen LogP contribution in [0.3, 0.4) is 0 Å². The lowest BCUT2D eigenvalue weighted by Crippen LogP contribution is -2.55. The van der Waals surface area contributed by atoms with Crippen molar-refractivity contribution < 1.29 is 42.9 Å². The fourth-order valence-electron chi connectivity index (χ4n) is 2.54. The van der Waals surface area contributed by atoms with Gasteiger partial charge in [-0.15, -0.1) is 0 Å². The minimum absolute atomic E-state index is 0.0664. The van der Waals surface area contributed by atoms with Crippen molar-refractivity contribution >= 4 is 23.7 Å². The van der Waals surface area contributed by atoms with Crippen molar-refractivity contribution in [3.8, 4) is 0 Å². The number of benzene rings is 1. The second-order valence-electron chi connectivity index (χ2n) is 5.66. The summed E-state index contributed by atoms with van der Waals surface area (Å²) in [6.45, 7) is 3.92. The van der Waals surface area contributed by atoms with Crippen molar-refractivity contribution in [1.29, 1.82) is 0 Å². The largest absolute Gasteiger partial charge is 0.466 e. The molecule has 0 heterocycles. The normalized spacial score (nSPS) is 13.8. The zero-order valence-electron chi connectivity index (χ0n) is 15.9. The van der Waals surface area contributed by atoms with Crippen LogP contribution in [0.2, 0.25) is 0 Å². The monoisotopic (exact) mass is 398 g/mol. The summed E-state index contributed by atoms with van der Waals surface area (Å²) in [5.74, 6) is -8.16. The molecule has 0 aromatic heterocycles. The van der Waals surface area contributed by atoms with E-state index in [0.717, 1.165) is 12.1 Å². The molecule has 2 unspecified atom stereocenters. The average Bonchev–Trinajstić information content (AvgIpc) is 2.62. The van der Waals surface area contributed by atoms with Gasteiger partial charge >= 0.3 is 17.9 Å². The van der Waals surface area contributed by atoms with Crippen LogP contribution in [0.5, 0.6) is 0 Å². The van der Waals surface area contributed by atoms with E-state index in [9.17, 15) is 28.7 Å². The van der Waals surface area contributed by atoms with Crippen LogP contribution in [0.25, 0.3) is 0 Å². The third-order valence-electron chi connectivity index (χ3n) is 3.75. The van der Waals surface area contributed by atoms with E-state index in [-0.39, 0.29) is 19.8 Å². The van der Waals surface area contributed by atoms with E-state index in [0.29, 0.717) is 0 Å². The number of Topliss-reactive ketones (excluding diaryl/α,β-unsaturated/α-hetero) is 1. The van der Waals surface area contributed by atoms with Gasteiger partial charge in [-0.05, 0) is 32.9 Å². The molecule has 0 radical (unpaired) electrons. The average molecular weight is 398 g/mol. The Balaban J connectivity index is 3.52. The molecular weight excluding hydrogens is 375 g/mol. The summed E-state index contributed by atoms with van der Waals surface area (Å²) < 4.78 is 28.4. The Morgan fingerprint density at radius 3 is 2.11 bits per heavy atom. The number of aliphatic hydroxyl groups is 1. The Labute approximate surface area is 161 Å². The van der Waals surface area contributed by atoms with Gasteiger partial charge in [0.2, 0.25) is 0 Å². The predicted molar refractivity (Wildman–Crippen MR) is 93.7 cm³/mol. The molecule has 0 bridgehead atoms. The first-order valence-corrected chi connectivity index (χ1v) is 8.73. The molecule has 8 nitrogen and oxygen atoms in total. The first-order valence-electron chi connectivity index (χ1n) is 8.73. The number of carbonyl (C=O) groups excluding carboxylic acids is 4. The topological polar surface area (TPSA) is 116 Å². The standard InChI is InChI=1S/C19H23FO8/c1-4-26-14(21)11-19(25,18(24)28-6-3)15(17(23)27-5-2)16(22)12-9-7-8-10-13(12)20/h7-10,15,25H,4-6,11H2,1-3H3. The quantitative estimate of drug-likeness (QED) is 0.272. The molecule has 9 heteroatoms. The molecule has 1 rings (SSSR count). The summed E-state index contributed by atoms with van der Waals surface area (Å²) in [4.78, 5) is 49.8. The summed E-state index contributed by atoms with van der Waals surface area (Å²) in [5.41, 5.74) is -3.49. The van der Waals surface area contributed by atoms with Crippen molar-refractivity contribution in [3.63, 3.8) is 0 Å². The first-order chi connectivity index (χ1) is 13.2. The second-order valence-corrected chi connectivity index (χ2v) is 5.66. The minimum atomic E-state index is -2.94. The van der Waals surface area contributed by atoms with Gasteiger partial charge in [0.1, 0.15) is 5.82 Å². The van der Waals surface area contributed by atoms with Crippen LogP contribution in [-0.2, 0) is 28.6 Å². The summed E-state index contributed by atoms with van der Waals surface area (Å²) in [6, 6.07) is 4.72. The number of hydrogen-bond acceptors (Lipinski definition) is 8. The highest BCUT2D eigenvalue weighted by molar-refractivity contribution is 6.13. The van der Waals surface area contributed by atoms with Gasteiger partial charge in [-0.25, -0.2) is 9.18 Å². The first kappa shape index (κ1) is 23.2. The van der Waals surface area contributed by atoms with Crippen molar-refractivity contribution in [3.05, 3.63) is 35.6 Å². The number of esters is 3. The number of ketones is 1. The molecule has 0 spiro atoms. The molecule has 1 N–H and O–H groups in total. The van der Waals surface area contributed by atoms with Crippen LogP contribution in [0.1, 0.15) is 37.6 Å². The molecule has 0 fully saturated rings. The van der Waals surface area contributed by atoms with Gasteiger partial charge in [-0.1, -0.05) is 12.1 Å². The van der Waals surface area contributed by atoms with Gasteiger partial charge in [0.05, 0.1) is 31.8 Å². The highest BCUT2D eigenvalue weighted by Gasteiger charge is 2.55. The third-order valence-corrected chi connectivity index (χ3v) is 3.75. The lowest BCUT2D eigenvalue weighted by Gasteiger charge is -2.30. The zero-order valence-corrected chi connectivity index (χ0v) is 15.9. The van der Waals surface area contributed by atoms with Crippen LogP contribution >= 0.6 is 0 Å². The number of ether oxygens (including phenoxy) is 3. The van der Waals surface area contributed by atoms with Crippen LogP contribution in [0.15, 0.2) is 24.3 Å². The molecule has 154 valence electrons. The molecule has 1 aromatic rings. The maximum Gasteiger partial charge on any atom is 0.340 e. The Bertz CT molecular complexity index is 732. The molecule has 28 heavy (non-hydrogen) atoms. The van der Waals surface area contributed by atoms with Crippen LogP contribution < -0.4 is 0 Å². The molecule has 0 saturated carbocycles. The third kappa shape index (κ3) is 5.35. The zero-order chi connectivity index (χ0) is 21.3. The van der Waals surface area contributed by atoms with Crippen LogP contribution in [0, 0.1) is 11.7 Å². The smallest absolute Gasteiger partial charge is 0.340 e. The van der Waals surface area contributed by atoms with Crippen molar-refractivity contribution in [1.82, 2.24) is 0 Å². The predicted octanol–water partition coefficient (Wildman–Crippen LogP) is 1.44. The van der Waals surface area contributed by atoms with Gasteiger partial charge in [0, 0.05) is 0 Å². The fourth-order valence-corrected chi connectivity index (χ4v) is 2.54. The van der Waals surface area contributed by atoms with E-state index in [1.807, 2.05) is 0 Å².